The summed E-state index contributed by atoms with van der Waals surface area (Å²) in [5, 5.41) is 11.4. The van der Waals surface area contributed by atoms with Crippen molar-refractivity contribution in [3.8, 4) is 0 Å². The Bertz CT molecular complexity index is 679. The lowest BCUT2D eigenvalue weighted by molar-refractivity contribution is -0.121. The number of halogens is 1. The zero-order valence-electron chi connectivity index (χ0n) is 11.6. The summed E-state index contributed by atoms with van der Waals surface area (Å²) in [7, 11) is 0. The quantitative estimate of drug-likeness (QED) is 0.793. The van der Waals surface area contributed by atoms with Crippen LogP contribution in [0.1, 0.15) is 12.1 Å². The first-order chi connectivity index (χ1) is 10.0. The largest absolute Gasteiger partial charge is 0.354 e. The summed E-state index contributed by atoms with van der Waals surface area (Å²) in [5.41, 5.74) is 0.403. The number of carbonyl (C=O) groups excluding carboxylic acids is 1. The molecular formula is C13H16ClN5O2. The van der Waals surface area contributed by atoms with Gasteiger partial charge >= 0.3 is 0 Å². The molecule has 8 heteroatoms. The Morgan fingerprint density at radius 3 is 2.95 bits per heavy atom. The molecule has 112 valence electrons. The van der Waals surface area contributed by atoms with E-state index in [9.17, 15) is 9.59 Å². The first kappa shape index (κ1) is 15.2. The van der Waals surface area contributed by atoms with Crippen molar-refractivity contribution in [3.05, 3.63) is 45.6 Å². The van der Waals surface area contributed by atoms with E-state index in [0.29, 0.717) is 23.8 Å². The molecule has 0 aliphatic rings. The third-order valence-corrected chi connectivity index (χ3v) is 2.98. The van der Waals surface area contributed by atoms with Crippen molar-refractivity contribution in [2.24, 2.45) is 0 Å². The van der Waals surface area contributed by atoms with Gasteiger partial charge in [-0.1, -0.05) is 11.6 Å². The Labute approximate surface area is 126 Å². The lowest BCUT2D eigenvalue weighted by atomic mass is 10.4. The maximum Gasteiger partial charge on any atom is 0.267 e. The van der Waals surface area contributed by atoms with Gasteiger partial charge in [0.15, 0.2) is 0 Å². The zero-order valence-corrected chi connectivity index (χ0v) is 12.4. The lowest BCUT2D eigenvalue weighted by Gasteiger charge is -2.07. The summed E-state index contributed by atoms with van der Waals surface area (Å²) in [6.07, 6.45) is 4.01. The van der Waals surface area contributed by atoms with Crippen LogP contribution >= 0.6 is 11.6 Å². The summed E-state index contributed by atoms with van der Waals surface area (Å²) in [6, 6.07) is 3.02. The minimum Gasteiger partial charge on any atom is -0.354 e. The van der Waals surface area contributed by atoms with Crippen LogP contribution in [-0.4, -0.2) is 32.0 Å². The summed E-state index contributed by atoms with van der Waals surface area (Å²) >= 11 is 5.75. The molecule has 0 saturated carbocycles. The highest BCUT2D eigenvalue weighted by Crippen LogP contribution is 2.04. The Kier molecular flexibility index (Phi) is 5.10. The number of hydrogen-bond acceptors (Lipinski definition) is 4. The van der Waals surface area contributed by atoms with Gasteiger partial charge in [-0.05, 0) is 19.4 Å². The van der Waals surface area contributed by atoms with Crippen molar-refractivity contribution >= 4 is 17.5 Å². The van der Waals surface area contributed by atoms with E-state index in [2.05, 4.69) is 15.5 Å². The van der Waals surface area contributed by atoms with Gasteiger partial charge in [-0.3, -0.25) is 14.3 Å². The molecule has 2 aromatic heterocycles. The van der Waals surface area contributed by atoms with Crippen LogP contribution in [0.3, 0.4) is 0 Å². The standard InChI is InChI=1S/C13H16ClN5O2/c1-10-3-4-13(21)19(17-10)9-12(20)15-5-2-6-18-8-11(14)7-16-18/h3-4,7-8H,2,5-6,9H2,1H3,(H,15,20). The molecule has 1 amide bonds. The maximum atomic E-state index is 11.7. The highest BCUT2D eigenvalue weighted by atomic mass is 35.5. The van der Waals surface area contributed by atoms with Gasteiger partial charge < -0.3 is 5.32 Å². The number of aromatic nitrogens is 4. The molecule has 2 rings (SSSR count). The van der Waals surface area contributed by atoms with Gasteiger partial charge in [0.2, 0.25) is 5.91 Å². The van der Waals surface area contributed by atoms with Crippen LogP contribution in [0.5, 0.6) is 0 Å². The Hall–Kier alpha value is -2.15. The Morgan fingerprint density at radius 1 is 1.43 bits per heavy atom. The second-order valence-electron chi connectivity index (χ2n) is 4.60. The van der Waals surface area contributed by atoms with Gasteiger partial charge in [0.05, 0.1) is 16.9 Å². The number of nitrogens with zero attached hydrogens (tertiary/aromatic N) is 4. The van der Waals surface area contributed by atoms with Crippen molar-refractivity contribution in [2.75, 3.05) is 6.54 Å². The van der Waals surface area contributed by atoms with Crippen LogP contribution in [0.2, 0.25) is 5.02 Å². The van der Waals surface area contributed by atoms with Gasteiger partial charge in [-0.25, -0.2) is 4.68 Å². The molecule has 0 saturated heterocycles. The zero-order chi connectivity index (χ0) is 15.2. The van der Waals surface area contributed by atoms with Crippen molar-refractivity contribution in [1.82, 2.24) is 24.9 Å². The molecule has 0 unspecified atom stereocenters. The predicted molar refractivity (Wildman–Crippen MR) is 78.1 cm³/mol. The molecule has 0 fully saturated rings. The SMILES string of the molecule is Cc1ccc(=O)n(CC(=O)NCCCn2cc(Cl)cn2)n1. The van der Waals surface area contributed by atoms with Crippen molar-refractivity contribution in [1.29, 1.82) is 0 Å². The van der Waals surface area contributed by atoms with E-state index in [1.807, 2.05) is 0 Å². The molecule has 0 spiro atoms. The third kappa shape index (κ3) is 4.71. The summed E-state index contributed by atoms with van der Waals surface area (Å²) < 4.78 is 2.86. The van der Waals surface area contributed by atoms with E-state index in [4.69, 9.17) is 11.6 Å². The maximum absolute atomic E-state index is 11.7. The van der Waals surface area contributed by atoms with E-state index in [-0.39, 0.29) is 18.0 Å². The topological polar surface area (TPSA) is 81.8 Å². The van der Waals surface area contributed by atoms with E-state index >= 15 is 0 Å². The lowest BCUT2D eigenvalue weighted by Crippen LogP contribution is -2.34. The Balaban J connectivity index is 1.75. The summed E-state index contributed by atoms with van der Waals surface area (Å²) in [5.74, 6) is -0.242. The van der Waals surface area contributed by atoms with Gasteiger partial charge in [0, 0.05) is 25.4 Å². The predicted octanol–water partition coefficient (Wildman–Crippen LogP) is 0.608. The first-order valence-electron chi connectivity index (χ1n) is 6.54. The molecule has 1 N–H and O–H groups in total. The molecule has 0 radical (unpaired) electrons. The van der Waals surface area contributed by atoms with Gasteiger partial charge in [0.1, 0.15) is 6.54 Å². The van der Waals surface area contributed by atoms with Crippen LogP contribution < -0.4 is 10.9 Å². The number of amides is 1. The fourth-order valence-electron chi connectivity index (χ4n) is 1.79. The van der Waals surface area contributed by atoms with E-state index < -0.39 is 0 Å². The van der Waals surface area contributed by atoms with Crippen LogP contribution in [0.15, 0.2) is 29.3 Å². The molecule has 2 heterocycles. The molecule has 0 aliphatic heterocycles. The van der Waals surface area contributed by atoms with Gasteiger partial charge in [-0.15, -0.1) is 0 Å². The normalized spacial score (nSPS) is 10.6. The average molecular weight is 310 g/mol. The minimum atomic E-state index is -0.290. The second kappa shape index (κ2) is 7.03. The summed E-state index contributed by atoms with van der Waals surface area (Å²) in [4.78, 5) is 23.3. The second-order valence-corrected chi connectivity index (χ2v) is 5.03. The number of nitrogens with one attached hydrogen (secondary N) is 1. The first-order valence-corrected chi connectivity index (χ1v) is 6.92. The van der Waals surface area contributed by atoms with Crippen LogP contribution in [-0.2, 0) is 17.9 Å². The van der Waals surface area contributed by atoms with Crippen LogP contribution in [0, 0.1) is 6.92 Å². The van der Waals surface area contributed by atoms with E-state index in [0.717, 1.165) is 11.1 Å². The van der Waals surface area contributed by atoms with Gasteiger partial charge in [-0.2, -0.15) is 10.2 Å². The Morgan fingerprint density at radius 2 is 2.24 bits per heavy atom. The molecule has 0 atom stereocenters. The molecule has 0 bridgehead atoms. The fraction of sp³-hybridized carbons (Fsp3) is 0.385. The fourth-order valence-corrected chi connectivity index (χ4v) is 1.94. The number of carbonyl (C=O) groups is 1. The molecule has 0 aliphatic carbocycles. The average Bonchev–Trinajstić information content (AvgIpc) is 2.85. The van der Waals surface area contributed by atoms with Crippen LogP contribution in [0.25, 0.3) is 0 Å². The highest BCUT2D eigenvalue weighted by Gasteiger charge is 2.05. The monoisotopic (exact) mass is 309 g/mol. The van der Waals surface area contributed by atoms with E-state index in [1.54, 1.807) is 30.1 Å². The number of rotatable bonds is 6. The molecule has 21 heavy (non-hydrogen) atoms. The smallest absolute Gasteiger partial charge is 0.267 e. The van der Waals surface area contributed by atoms with Crippen molar-refractivity contribution < 1.29 is 4.79 Å². The van der Waals surface area contributed by atoms with E-state index in [1.165, 1.54) is 6.07 Å². The molecule has 7 nitrogen and oxygen atoms in total. The van der Waals surface area contributed by atoms with Crippen molar-refractivity contribution in [2.45, 2.75) is 26.4 Å². The third-order valence-electron chi connectivity index (χ3n) is 2.78. The molecule has 0 aromatic carbocycles. The van der Waals surface area contributed by atoms with Crippen LogP contribution in [0.4, 0.5) is 0 Å². The van der Waals surface area contributed by atoms with Crippen molar-refractivity contribution in [3.63, 3.8) is 0 Å². The summed E-state index contributed by atoms with van der Waals surface area (Å²) in [6.45, 7) is 2.85. The number of hydrogen-bond donors (Lipinski definition) is 1. The molecular weight excluding hydrogens is 294 g/mol. The minimum absolute atomic E-state index is 0.0753. The molecule has 2 aromatic rings. The number of aryl methyl sites for hydroxylation is 2. The highest BCUT2D eigenvalue weighted by molar-refractivity contribution is 6.30. The van der Waals surface area contributed by atoms with Gasteiger partial charge in [0.25, 0.3) is 5.56 Å².